The molecule has 0 spiro atoms. The fraction of sp³-hybridized carbons (Fsp3) is 0.625. The minimum absolute atomic E-state index is 0.118. The Hall–Kier alpha value is -0.820. The van der Waals surface area contributed by atoms with Crippen molar-refractivity contribution in [2.45, 2.75) is 58.9 Å². The van der Waals surface area contributed by atoms with Crippen LogP contribution in [0.25, 0.3) is 0 Å². The zero-order valence-corrected chi connectivity index (χ0v) is 12.0. The molecule has 1 saturated carbocycles. The first-order valence-corrected chi connectivity index (χ1v) is 6.87. The highest BCUT2D eigenvalue weighted by Crippen LogP contribution is 2.35. The highest BCUT2D eigenvalue weighted by atomic mass is 14.7. The van der Waals surface area contributed by atoms with E-state index in [0.717, 1.165) is 18.8 Å². The van der Waals surface area contributed by atoms with E-state index in [4.69, 9.17) is 5.73 Å². The Morgan fingerprint density at radius 2 is 1.82 bits per heavy atom. The number of nitrogens with two attached hydrogens (primary N) is 1. The normalized spacial score (nSPS) is 29.7. The molecule has 1 nitrogen and oxygen atoms in total. The van der Waals surface area contributed by atoms with Crippen LogP contribution in [0.5, 0.6) is 0 Å². The van der Waals surface area contributed by atoms with E-state index in [9.17, 15) is 0 Å². The Kier molecular flexibility index (Phi) is 7.90. The zero-order chi connectivity index (χ0) is 13.3. The minimum Gasteiger partial charge on any atom is -0.321 e. The maximum atomic E-state index is 6.47. The van der Waals surface area contributed by atoms with Crippen molar-refractivity contribution in [3.63, 3.8) is 0 Å². The van der Waals surface area contributed by atoms with Gasteiger partial charge in [0.1, 0.15) is 0 Å². The molecule has 1 aliphatic carbocycles. The van der Waals surface area contributed by atoms with Gasteiger partial charge in [-0.05, 0) is 44.1 Å². The van der Waals surface area contributed by atoms with Crippen LogP contribution in [-0.4, -0.2) is 5.54 Å². The maximum absolute atomic E-state index is 6.47. The van der Waals surface area contributed by atoms with Crippen LogP contribution in [0.3, 0.4) is 0 Å². The van der Waals surface area contributed by atoms with E-state index < -0.39 is 0 Å². The third-order valence-electron chi connectivity index (χ3n) is 3.39. The van der Waals surface area contributed by atoms with Crippen LogP contribution in [0.1, 0.15) is 53.4 Å². The van der Waals surface area contributed by atoms with Crippen LogP contribution < -0.4 is 5.73 Å². The average Bonchev–Trinajstić information content (AvgIpc) is 2.35. The molecule has 1 aliphatic rings. The largest absolute Gasteiger partial charge is 0.321 e. The van der Waals surface area contributed by atoms with Crippen molar-refractivity contribution < 1.29 is 0 Å². The molecular weight excluding hydrogens is 206 g/mol. The van der Waals surface area contributed by atoms with Crippen molar-refractivity contribution in [2.24, 2.45) is 11.7 Å². The molecule has 0 aliphatic heterocycles. The Morgan fingerprint density at radius 1 is 1.29 bits per heavy atom. The second-order valence-corrected chi connectivity index (χ2v) is 4.70. The molecular formula is C16H29N. The van der Waals surface area contributed by atoms with Gasteiger partial charge in [0, 0.05) is 5.54 Å². The summed E-state index contributed by atoms with van der Waals surface area (Å²) in [6, 6.07) is 0. The second kappa shape index (κ2) is 8.30. The first kappa shape index (κ1) is 16.2. The quantitative estimate of drug-likeness (QED) is 0.710. The summed E-state index contributed by atoms with van der Waals surface area (Å²) in [5, 5.41) is 0. The van der Waals surface area contributed by atoms with Gasteiger partial charge >= 0.3 is 0 Å². The fourth-order valence-electron chi connectivity index (χ4n) is 2.26. The molecule has 0 aromatic rings. The van der Waals surface area contributed by atoms with Crippen LogP contribution in [-0.2, 0) is 0 Å². The third-order valence-corrected chi connectivity index (χ3v) is 3.39. The molecule has 1 fully saturated rings. The molecule has 0 aromatic carbocycles. The standard InChI is InChI=1S/C14H23N.C2H6/c1-4-6-13(7-5-2)14(15)10-8-12(3)9-11-14;1-2/h4-7,12H,1,8-11,15H2,2-3H3;1-2H3/b7-5-,13-6+;. The molecule has 17 heavy (non-hydrogen) atoms. The molecule has 0 unspecified atom stereocenters. The second-order valence-electron chi connectivity index (χ2n) is 4.70. The lowest BCUT2D eigenvalue weighted by molar-refractivity contribution is 0.282. The van der Waals surface area contributed by atoms with E-state index in [0.29, 0.717) is 0 Å². The van der Waals surface area contributed by atoms with Crippen molar-refractivity contribution in [2.75, 3.05) is 0 Å². The van der Waals surface area contributed by atoms with Gasteiger partial charge in [-0.3, -0.25) is 0 Å². The summed E-state index contributed by atoms with van der Waals surface area (Å²) in [6.07, 6.45) is 12.7. The summed E-state index contributed by atoms with van der Waals surface area (Å²) in [7, 11) is 0. The van der Waals surface area contributed by atoms with Crippen molar-refractivity contribution >= 4 is 0 Å². The average molecular weight is 235 g/mol. The summed E-state index contributed by atoms with van der Waals surface area (Å²) >= 11 is 0. The molecule has 1 heteroatoms. The van der Waals surface area contributed by atoms with Gasteiger partial charge in [0.25, 0.3) is 0 Å². The van der Waals surface area contributed by atoms with E-state index >= 15 is 0 Å². The molecule has 1 rings (SSSR count). The summed E-state index contributed by atoms with van der Waals surface area (Å²) in [5.74, 6) is 0.831. The number of hydrogen-bond donors (Lipinski definition) is 1. The molecule has 0 amide bonds. The smallest absolute Gasteiger partial charge is 0.0409 e. The third kappa shape index (κ3) is 4.91. The first-order valence-electron chi connectivity index (χ1n) is 6.87. The van der Waals surface area contributed by atoms with Crippen LogP contribution in [0.15, 0.2) is 36.5 Å². The van der Waals surface area contributed by atoms with Crippen LogP contribution in [0.2, 0.25) is 0 Å². The van der Waals surface area contributed by atoms with Crippen molar-refractivity contribution in [1.29, 1.82) is 0 Å². The maximum Gasteiger partial charge on any atom is 0.0409 e. The van der Waals surface area contributed by atoms with Crippen molar-refractivity contribution in [3.05, 3.63) is 36.5 Å². The highest BCUT2D eigenvalue weighted by molar-refractivity contribution is 5.33. The van der Waals surface area contributed by atoms with E-state index in [1.54, 1.807) is 0 Å². The lowest BCUT2D eigenvalue weighted by Gasteiger charge is -2.37. The Bertz CT molecular complexity index is 265. The molecule has 0 atom stereocenters. The SMILES string of the molecule is C=C/C=C(\C=C/C)C1(N)CCC(C)CC1.CC. The van der Waals surface area contributed by atoms with E-state index in [1.807, 2.05) is 26.8 Å². The predicted molar refractivity (Wildman–Crippen MR) is 79.0 cm³/mol. The van der Waals surface area contributed by atoms with E-state index in [1.165, 1.54) is 18.4 Å². The molecule has 0 radical (unpaired) electrons. The van der Waals surface area contributed by atoms with Crippen LogP contribution in [0, 0.1) is 5.92 Å². The van der Waals surface area contributed by atoms with Crippen LogP contribution >= 0.6 is 0 Å². The van der Waals surface area contributed by atoms with E-state index in [2.05, 4.69) is 31.7 Å². The topological polar surface area (TPSA) is 26.0 Å². The summed E-state index contributed by atoms with van der Waals surface area (Å²) in [6.45, 7) is 12.1. The van der Waals surface area contributed by atoms with Crippen LogP contribution in [0.4, 0.5) is 0 Å². The van der Waals surface area contributed by atoms with Gasteiger partial charge in [-0.15, -0.1) is 0 Å². The van der Waals surface area contributed by atoms with Gasteiger partial charge in [0.2, 0.25) is 0 Å². The van der Waals surface area contributed by atoms with Crippen molar-refractivity contribution in [3.8, 4) is 0 Å². The lowest BCUT2D eigenvalue weighted by atomic mass is 9.73. The molecule has 98 valence electrons. The molecule has 0 aromatic heterocycles. The van der Waals surface area contributed by atoms with E-state index in [-0.39, 0.29) is 5.54 Å². The Balaban J connectivity index is 0.00000121. The molecule has 0 bridgehead atoms. The summed E-state index contributed by atoms with van der Waals surface area (Å²) in [5.41, 5.74) is 7.58. The Labute approximate surface area is 107 Å². The fourth-order valence-corrected chi connectivity index (χ4v) is 2.26. The van der Waals surface area contributed by atoms with Gasteiger partial charge in [-0.2, -0.15) is 0 Å². The van der Waals surface area contributed by atoms with Crippen molar-refractivity contribution in [1.82, 2.24) is 0 Å². The number of rotatable bonds is 3. The monoisotopic (exact) mass is 235 g/mol. The first-order chi connectivity index (χ1) is 8.12. The Morgan fingerprint density at radius 3 is 2.24 bits per heavy atom. The van der Waals surface area contributed by atoms with Gasteiger partial charge < -0.3 is 5.73 Å². The minimum atomic E-state index is -0.118. The lowest BCUT2D eigenvalue weighted by Crippen LogP contribution is -2.44. The number of hydrogen-bond acceptors (Lipinski definition) is 1. The highest BCUT2D eigenvalue weighted by Gasteiger charge is 2.32. The van der Waals surface area contributed by atoms with Gasteiger partial charge in [0.15, 0.2) is 0 Å². The van der Waals surface area contributed by atoms with Gasteiger partial charge in [-0.1, -0.05) is 51.7 Å². The summed E-state index contributed by atoms with van der Waals surface area (Å²) in [4.78, 5) is 0. The molecule has 0 heterocycles. The molecule has 0 saturated heterocycles. The van der Waals surface area contributed by atoms with Gasteiger partial charge in [-0.25, -0.2) is 0 Å². The van der Waals surface area contributed by atoms with Gasteiger partial charge in [0.05, 0.1) is 0 Å². The summed E-state index contributed by atoms with van der Waals surface area (Å²) < 4.78 is 0. The predicted octanol–water partition coefficient (Wildman–Crippen LogP) is 4.61. The number of allylic oxidation sites excluding steroid dienone is 3. The zero-order valence-electron chi connectivity index (χ0n) is 12.0. The molecule has 2 N–H and O–H groups in total.